The van der Waals surface area contributed by atoms with Crippen LogP contribution in [0.3, 0.4) is 0 Å². The molecule has 0 fully saturated rings. The van der Waals surface area contributed by atoms with E-state index in [9.17, 15) is 14.4 Å². The number of benzene rings is 2. The molecule has 0 spiro atoms. The van der Waals surface area contributed by atoms with Gasteiger partial charge in [0.15, 0.2) is 0 Å². The number of amides is 3. The molecule has 1 atom stereocenters. The summed E-state index contributed by atoms with van der Waals surface area (Å²) < 4.78 is 5.16. The molecule has 0 bridgehead atoms. The van der Waals surface area contributed by atoms with Crippen LogP contribution < -0.4 is 10.1 Å². The first-order chi connectivity index (χ1) is 12.9. The normalized spacial score (nSPS) is 14.3. The van der Waals surface area contributed by atoms with Crippen molar-refractivity contribution in [3.63, 3.8) is 0 Å². The Kier molecular flexibility index (Phi) is 5.26. The maximum atomic E-state index is 12.6. The average Bonchev–Trinajstić information content (AvgIpc) is 2.91. The molecule has 3 rings (SSSR count). The third kappa shape index (κ3) is 3.69. The van der Waals surface area contributed by atoms with Gasteiger partial charge in [-0.15, -0.1) is 0 Å². The number of carbonyl (C=O) groups excluding carboxylic acids is 3. The van der Waals surface area contributed by atoms with Crippen LogP contribution >= 0.6 is 0 Å². The number of nitrogens with zero attached hydrogens (tertiary/aromatic N) is 1. The number of imide groups is 1. The Hall–Kier alpha value is -3.15. The summed E-state index contributed by atoms with van der Waals surface area (Å²) in [6, 6.07) is 13.8. The topological polar surface area (TPSA) is 75.7 Å². The van der Waals surface area contributed by atoms with Gasteiger partial charge in [-0.25, -0.2) is 0 Å². The minimum atomic E-state index is -0.434. The van der Waals surface area contributed by atoms with Crippen LogP contribution in [-0.4, -0.2) is 36.3 Å². The minimum Gasteiger partial charge on any atom is -0.497 e. The predicted molar refractivity (Wildman–Crippen MR) is 101 cm³/mol. The Balaban J connectivity index is 1.72. The highest BCUT2D eigenvalue weighted by atomic mass is 16.5. The summed E-state index contributed by atoms with van der Waals surface area (Å²) in [5.41, 5.74) is 1.61. The van der Waals surface area contributed by atoms with Crippen molar-refractivity contribution in [3.8, 4) is 5.75 Å². The van der Waals surface area contributed by atoms with Gasteiger partial charge >= 0.3 is 0 Å². The summed E-state index contributed by atoms with van der Waals surface area (Å²) in [6.07, 6.45) is 0. The minimum absolute atomic E-state index is 0.129. The molecule has 3 amide bonds. The van der Waals surface area contributed by atoms with E-state index < -0.39 is 11.8 Å². The first-order valence-corrected chi connectivity index (χ1v) is 8.81. The second kappa shape index (κ2) is 7.61. The maximum Gasteiger partial charge on any atom is 0.262 e. The van der Waals surface area contributed by atoms with Crippen LogP contribution in [0.25, 0.3) is 0 Å². The molecule has 27 heavy (non-hydrogen) atoms. The second-order valence-electron chi connectivity index (χ2n) is 6.80. The number of rotatable bonds is 6. The number of fused-ring (bicyclic) bond motifs is 1. The molecule has 6 heteroatoms. The summed E-state index contributed by atoms with van der Waals surface area (Å²) in [5, 5.41) is 2.94. The Bertz CT molecular complexity index is 839. The number of carbonyl (C=O) groups is 3. The van der Waals surface area contributed by atoms with Crippen LogP contribution in [0.4, 0.5) is 0 Å². The molecular formula is C21H22N2O4. The molecule has 2 aromatic rings. The van der Waals surface area contributed by atoms with Crippen LogP contribution in [-0.2, 0) is 4.79 Å². The molecule has 140 valence electrons. The highest BCUT2D eigenvalue weighted by Crippen LogP contribution is 2.25. The van der Waals surface area contributed by atoms with Crippen molar-refractivity contribution in [1.29, 1.82) is 0 Å². The molecule has 1 aliphatic rings. The van der Waals surface area contributed by atoms with E-state index in [1.54, 1.807) is 31.4 Å². The molecule has 1 aliphatic heterocycles. The van der Waals surface area contributed by atoms with Crippen molar-refractivity contribution in [2.75, 3.05) is 13.7 Å². The van der Waals surface area contributed by atoms with Crippen molar-refractivity contribution in [3.05, 3.63) is 65.2 Å². The third-order valence-electron chi connectivity index (χ3n) is 4.64. The molecular weight excluding hydrogens is 344 g/mol. The third-order valence-corrected chi connectivity index (χ3v) is 4.64. The quantitative estimate of drug-likeness (QED) is 0.798. The number of nitrogens with one attached hydrogen (secondary N) is 1. The maximum absolute atomic E-state index is 12.6. The first-order valence-electron chi connectivity index (χ1n) is 8.81. The molecule has 1 N–H and O–H groups in total. The van der Waals surface area contributed by atoms with Gasteiger partial charge in [0.25, 0.3) is 11.8 Å². The molecule has 0 saturated heterocycles. The highest BCUT2D eigenvalue weighted by Gasteiger charge is 2.36. The molecule has 0 aromatic heterocycles. The average molecular weight is 366 g/mol. The summed E-state index contributed by atoms with van der Waals surface area (Å²) in [7, 11) is 1.60. The second-order valence-corrected chi connectivity index (χ2v) is 6.80. The van der Waals surface area contributed by atoms with Gasteiger partial charge in [0.2, 0.25) is 5.91 Å². The van der Waals surface area contributed by atoms with E-state index in [0.717, 1.165) is 16.2 Å². The van der Waals surface area contributed by atoms with Crippen LogP contribution in [0, 0.1) is 5.92 Å². The highest BCUT2D eigenvalue weighted by molar-refractivity contribution is 6.22. The summed E-state index contributed by atoms with van der Waals surface area (Å²) in [4.78, 5) is 38.4. The number of ether oxygens (including phenoxy) is 1. The van der Waals surface area contributed by atoms with Gasteiger partial charge in [0, 0.05) is 0 Å². The lowest BCUT2D eigenvalue weighted by Crippen LogP contribution is -2.42. The predicted octanol–water partition coefficient (Wildman–Crippen LogP) is 2.80. The molecule has 1 unspecified atom stereocenters. The number of methoxy groups -OCH3 is 1. The Morgan fingerprint density at radius 3 is 2.04 bits per heavy atom. The lowest BCUT2D eigenvalue weighted by molar-refractivity contribution is -0.122. The van der Waals surface area contributed by atoms with Gasteiger partial charge in [-0.05, 0) is 35.7 Å². The van der Waals surface area contributed by atoms with E-state index in [1.807, 2.05) is 38.1 Å². The fraction of sp³-hybridized carbons (Fsp3) is 0.286. The van der Waals surface area contributed by atoms with Crippen molar-refractivity contribution >= 4 is 17.7 Å². The number of hydrogen-bond donors (Lipinski definition) is 1. The zero-order valence-electron chi connectivity index (χ0n) is 15.6. The lowest BCUT2D eigenvalue weighted by atomic mass is 9.96. The van der Waals surface area contributed by atoms with Crippen molar-refractivity contribution < 1.29 is 19.1 Å². The van der Waals surface area contributed by atoms with Gasteiger partial charge in [-0.3, -0.25) is 19.3 Å². The smallest absolute Gasteiger partial charge is 0.262 e. The van der Waals surface area contributed by atoms with Gasteiger partial charge in [0.05, 0.1) is 24.3 Å². The summed E-state index contributed by atoms with van der Waals surface area (Å²) in [6.45, 7) is 3.69. The Labute approximate surface area is 158 Å². The van der Waals surface area contributed by atoms with Crippen LogP contribution in [0.15, 0.2) is 48.5 Å². The largest absolute Gasteiger partial charge is 0.497 e. The fourth-order valence-corrected chi connectivity index (χ4v) is 3.19. The van der Waals surface area contributed by atoms with E-state index in [-0.39, 0.29) is 24.4 Å². The van der Waals surface area contributed by atoms with Crippen molar-refractivity contribution in [2.24, 2.45) is 5.92 Å². The molecule has 2 aromatic carbocycles. The van der Waals surface area contributed by atoms with E-state index in [2.05, 4.69) is 5.32 Å². The van der Waals surface area contributed by atoms with Crippen LogP contribution in [0.2, 0.25) is 0 Å². The number of hydrogen-bond acceptors (Lipinski definition) is 4. The standard InChI is InChI=1S/C21H22N2O4/c1-13(2)19(14-8-10-15(27-3)11-9-14)22-18(24)12-23-20(25)16-6-4-5-7-17(16)21(23)26/h4-11,13,19H,12H2,1-3H3,(H,22,24). The molecule has 0 radical (unpaired) electrons. The molecule has 1 heterocycles. The zero-order valence-corrected chi connectivity index (χ0v) is 15.6. The van der Waals surface area contributed by atoms with Gasteiger partial charge < -0.3 is 10.1 Å². The Morgan fingerprint density at radius 2 is 1.56 bits per heavy atom. The molecule has 0 saturated carbocycles. The lowest BCUT2D eigenvalue weighted by Gasteiger charge is -2.24. The fourth-order valence-electron chi connectivity index (χ4n) is 3.19. The van der Waals surface area contributed by atoms with Gasteiger partial charge in [-0.2, -0.15) is 0 Å². The van der Waals surface area contributed by atoms with Crippen molar-refractivity contribution in [1.82, 2.24) is 10.2 Å². The van der Waals surface area contributed by atoms with E-state index >= 15 is 0 Å². The van der Waals surface area contributed by atoms with Crippen LogP contribution in [0.1, 0.15) is 46.2 Å². The summed E-state index contributed by atoms with van der Waals surface area (Å²) in [5.74, 6) is -0.380. The van der Waals surface area contributed by atoms with Gasteiger partial charge in [0.1, 0.15) is 12.3 Å². The monoisotopic (exact) mass is 366 g/mol. The summed E-state index contributed by atoms with van der Waals surface area (Å²) >= 11 is 0. The van der Waals surface area contributed by atoms with Gasteiger partial charge in [-0.1, -0.05) is 38.1 Å². The van der Waals surface area contributed by atoms with E-state index in [0.29, 0.717) is 11.1 Å². The molecule has 6 nitrogen and oxygen atoms in total. The van der Waals surface area contributed by atoms with Crippen LogP contribution in [0.5, 0.6) is 5.75 Å². The SMILES string of the molecule is COc1ccc(C(NC(=O)CN2C(=O)c3ccccc3C2=O)C(C)C)cc1. The first kappa shape index (κ1) is 18.6. The van der Waals surface area contributed by atoms with Crippen molar-refractivity contribution in [2.45, 2.75) is 19.9 Å². The molecule has 0 aliphatic carbocycles. The van der Waals surface area contributed by atoms with E-state index in [1.165, 1.54) is 0 Å². The zero-order chi connectivity index (χ0) is 19.6. The Morgan fingerprint density at radius 1 is 1.00 bits per heavy atom. The van der Waals surface area contributed by atoms with E-state index in [4.69, 9.17) is 4.74 Å².